The maximum atomic E-state index is 14.0. The molecule has 6 rings (SSSR count). The largest absolute Gasteiger partial charge is 0.324 e. The van der Waals surface area contributed by atoms with Gasteiger partial charge in [0.1, 0.15) is 5.54 Å². The molecular weight excluding hydrogens is 402 g/mol. The van der Waals surface area contributed by atoms with E-state index in [-0.39, 0.29) is 23.8 Å². The summed E-state index contributed by atoms with van der Waals surface area (Å²) in [6.45, 7) is 8.74. The van der Waals surface area contributed by atoms with Gasteiger partial charge in [-0.1, -0.05) is 18.2 Å². The van der Waals surface area contributed by atoms with Gasteiger partial charge in [-0.25, -0.2) is 4.90 Å². The van der Waals surface area contributed by atoms with E-state index in [1.54, 1.807) is 0 Å². The van der Waals surface area contributed by atoms with Crippen LogP contribution in [0.5, 0.6) is 0 Å². The molecule has 32 heavy (non-hydrogen) atoms. The highest BCUT2D eigenvalue weighted by atomic mass is 16.2. The molecule has 4 heterocycles. The molecule has 4 aliphatic rings. The highest BCUT2D eigenvalue weighted by Crippen LogP contribution is 2.61. The van der Waals surface area contributed by atoms with Crippen molar-refractivity contribution in [3.05, 3.63) is 58.1 Å². The van der Waals surface area contributed by atoms with E-state index in [1.807, 2.05) is 58.0 Å². The molecule has 1 spiro atoms. The summed E-state index contributed by atoms with van der Waals surface area (Å²) < 4.78 is 0. The Hall–Kier alpha value is -2.99. The molecule has 0 saturated carbocycles. The molecule has 1 N–H and O–H groups in total. The molecular formula is C26H27N3O3. The van der Waals surface area contributed by atoms with Crippen molar-refractivity contribution in [3.63, 3.8) is 0 Å². The third-order valence-corrected chi connectivity index (χ3v) is 8.45. The van der Waals surface area contributed by atoms with Crippen molar-refractivity contribution in [1.29, 1.82) is 0 Å². The second kappa shape index (κ2) is 6.29. The van der Waals surface area contributed by atoms with Crippen LogP contribution in [0.4, 0.5) is 11.4 Å². The predicted octanol–water partition coefficient (Wildman–Crippen LogP) is 3.35. The van der Waals surface area contributed by atoms with Crippen LogP contribution in [-0.2, 0) is 19.9 Å². The number of hydrogen-bond acceptors (Lipinski definition) is 4. The third-order valence-electron chi connectivity index (χ3n) is 8.45. The van der Waals surface area contributed by atoms with Gasteiger partial charge in [0.25, 0.3) is 0 Å². The van der Waals surface area contributed by atoms with Gasteiger partial charge in [-0.05, 0) is 81.5 Å². The highest BCUT2D eigenvalue weighted by Gasteiger charge is 2.74. The Balaban J connectivity index is 1.56. The number of benzene rings is 2. The van der Waals surface area contributed by atoms with Crippen molar-refractivity contribution < 1.29 is 14.4 Å². The summed E-state index contributed by atoms with van der Waals surface area (Å²) in [5.74, 6) is -1.78. The molecule has 4 aliphatic heterocycles. The van der Waals surface area contributed by atoms with E-state index < -0.39 is 17.4 Å². The maximum Gasteiger partial charge on any atom is 0.250 e. The zero-order valence-electron chi connectivity index (χ0n) is 18.9. The molecule has 3 saturated heterocycles. The number of fused-ring (bicyclic) bond motifs is 7. The lowest BCUT2D eigenvalue weighted by Gasteiger charge is -2.36. The van der Waals surface area contributed by atoms with E-state index in [1.165, 1.54) is 4.90 Å². The Morgan fingerprint density at radius 1 is 0.938 bits per heavy atom. The van der Waals surface area contributed by atoms with E-state index in [9.17, 15) is 14.4 Å². The van der Waals surface area contributed by atoms with Crippen LogP contribution >= 0.6 is 0 Å². The molecule has 6 nitrogen and oxygen atoms in total. The number of aryl methyl sites for hydroxylation is 3. The summed E-state index contributed by atoms with van der Waals surface area (Å²) in [5, 5.41) is 3.11. The molecule has 3 amide bonds. The maximum absolute atomic E-state index is 14.0. The first-order valence-electron chi connectivity index (χ1n) is 11.4. The van der Waals surface area contributed by atoms with E-state index in [0.29, 0.717) is 5.69 Å². The van der Waals surface area contributed by atoms with E-state index in [4.69, 9.17) is 0 Å². The fourth-order valence-electron chi connectivity index (χ4n) is 6.64. The summed E-state index contributed by atoms with van der Waals surface area (Å²) in [7, 11) is 0. The number of carbonyl (C=O) groups excluding carboxylic acids is 3. The topological polar surface area (TPSA) is 69.7 Å². The summed E-state index contributed by atoms with van der Waals surface area (Å²) >= 11 is 0. The number of carbonyl (C=O) groups is 3. The number of anilines is 2. The summed E-state index contributed by atoms with van der Waals surface area (Å²) in [6.07, 6.45) is 1.75. The van der Waals surface area contributed by atoms with Crippen LogP contribution in [0.15, 0.2) is 30.3 Å². The monoisotopic (exact) mass is 429 g/mol. The highest BCUT2D eigenvalue weighted by molar-refractivity contribution is 6.26. The molecule has 6 heteroatoms. The molecule has 0 bridgehead atoms. The second-order valence-corrected chi connectivity index (χ2v) is 9.84. The number of amides is 3. The Morgan fingerprint density at radius 2 is 1.69 bits per heavy atom. The number of nitrogens with one attached hydrogen (secondary N) is 1. The van der Waals surface area contributed by atoms with Gasteiger partial charge < -0.3 is 5.32 Å². The first-order chi connectivity index (χ1) is 15.3. The van der Waals surface area contributed by atoms with E-state index in [0.717, 1.165) is 52.9 Å². The fraction of sp³-hybridized carbons (Fsp3) is 0.423. The van der Waals surface area contributed by atoms with Crippen LogP contribution in [0, 0.1) is 39.5 Å². The lowest BCUT2D eigenvalue weighted by Crippen LogP contribution is -2.54. The summed E-state index contributed by atoms with van der Waals surface area (Å²) in [6, 6.07) is 9.61. The minimum atomic E-state index is -1.11. The molecule has 164 valence electrons. The van der Waals surface area contributed by atoms with E-state index in [2.05, 4.69) is 10.2 Å². The Labute approximate surface area is 187 Å². The van der Waals surface area contributed by atoms with Gasteiger partial charge in [-0.15, -0.1) is 0 Å². The van der Waals surface area contributed by atoms with Gasteiger partial charge in [0.05, 0.1) is 17.5 Å². The van der Waals surface area contributed by atoms with E-state index >= 15 is 0 Å². The number of hydrogen-bond donors (Lipinski definition) is 1. The molecule has 2 aromatic rings. The second-order valence-electron chi connectivity index (χ2n) is 9.84. The van der Waals surface area contributed by atoms with Crippen LogP contribution in [0.25, 0.3) is 0 Å². The van der Waals surface area contributed by atoms with Crippen LogP contribution < -0.4 is 10.2 Å². The minimum Gasteiger partial charge on any atom is -0.324 e. The molecule has 0 radical (unpaired) electrons. The molecule has 2 aromatic carbocycles. The summed E-state index contributed by atoms with van der Waals surface area (Å²) in [5.41, 5.74) is 5.43. The summed E-state index contributed by atoms with van der Waals surface area (Å²) in [4.78, 5) is 45.0. The van der Waals surface area contributed by atoms with Gasteiger partial charge >= 0.3 is 0 Å². The Bertz CT molecular complexity index is 1240. The average Bonchev–Trinajstić information content (AvgIpc) is 3.46. The van der Waals surface area contributed by atoms with Crippen molar-refractivity contribution >= 4 is 29.1 Å². The van der Waals surface area contributed by atoms with Crippen LogP contribution in [-0.4, -0.2) is 35.2 Å². The number of imide groups is 1. The van der Waals surface area contributed by atoms with Crippen molar-refractivity contribution in [2.24, 2.45) is 11.8 Å². The van der Waals surface area contributed by atoms with Crippen LogP contribution in [0.1, 0.15) is 40.7 Å². The molecule has 0 aromatic heterocycles. The lowest BCUT2D eigenvalue weighted by molar-refractivity contribution is -0.135. The molecule has 4 atom stereocenters. The van der Waals surface area contributed by atoms with Gasteiger partial charge in [0.15, 0.2) is 0 Å². The fourth-order valence-corrected chi connectivity index (χ4v) is 6.64. The zero-order valence-corrected chi connectivity index (χ0v) is 18.9. The zero-order chi connectivity index (χ0) is 22.5. The first kappa shape index (κ1) is 19.7. The van der Waals surface area contributed by atoms with Gasteiger partial charge in [-0.2, -0.15) is 0 Å². The van der Waals surface area contributed by atoms with Crippen LogP contribution in [0.2, 0.25) is 0 Å². The standard InChI is InChI=1S/C26H27N3O3/c1-13-7-9-17(12-15(13)3)29-23(30)20-19-6-5-11-28(19)26(21(20)24(29)31)18-10-8-14(2)16(4)22(18)27-25(26)32/h7-10,12,19-21H,5-6,11H2,1-4H3,(H,27,32)/t19-,20+,21-,26-/m0/s1. The van der Waals surface area contributed by atoms with Gasteiger partial charge in [0, 0.05) is 17.3 Å². The Kier molecular flexibility index (Phi) is 3.87. The molecule has 3 fully saturated rings. The number of rotatable bonds is 1. The lowest BCUT2D eigenvalue weighted by atomic mass is 9.75. The first-order valence-corrected chi connectivity index (χ1v) is 11.4. The van der Waals surface area contributed by atoms with Gasteiger partial charge in [0.2, 0.25) is 17.7 Å². The van der Waals surface area contributed by atoms with Gasteiger partial charge in [-0.3, -0.25) is 19.3 Å². The SMILES string of the molecule is Cc1ccc(N2C(=O)[C@H]3[C@@H](C2=O)[C@@]2(C(=O)Nc4c2ccc(C)c4C)N2CCC[C@@H]32)cc1C. The average molecular weight is 430 g/mol. The van der Waals surface area contributed by atoms with Crippen molar-refractivity contribution in [3.8, 4) is 0 Å². The molecule has 0 unspecified atom stereocenters. The molecule has 0 aliphatic carbocycles. The van der Waals surface area contributed by atoms with Crippen molar-refractivity contribution in [2.45, 2.75) is 52.1 Å². The smallest absolute Gasteiger partial charge is 0.250 e. The van der Waals surface area contributed by atoms with Crippen molar-refractivity contribution in [1.82, 2.24) is 4.90 Å². The predicted molar refractivity (Wildman–Crippen MR) is 121 cm³/mol. The third kappa shape index (κ3) is 2.11. The van der Waals surface area contributed by atoms with Crippen LogP contribution in [0.3, 0.4) is 0 Å². The number of nitrogens with zero attached hydrogens (tertiary/aromatic N) is 2. The Morgan fingerprint density at radius 3 is 2.44 bits per heavy atom. The quantitative estimate of drug-likeness (QED) is 0.706. The van der Waals surface area contributed by atoms with Crippen molar-refractivity contribution in [2.75, 3.05) is 16.8 Å². The minimum absolute atomic E-state index is 0.0914. The normalized spacial score (nSPS) is 30.8.